The Balaban J connectivity index is 2.17. The van der Waals surface area contributed by atoms with Crippen LogP contribution in [-0.2, 0) is 16.0 Å². The highest BCUT2D eigenvalue weighted by Gasteiger charge is 2.13. The van der Waals surface area contributed by atoms with Gasteiger partial charge in [-0.1, -0.05) is 51.1 Å². The van der Waals surface area contributed by atoms with Crippen LogP contribution in [0.4, 0.5) is 0 Å². The number of esters is 1. The summed E-state index contributed by atoms with van der Waals surface area (Å²) in [5.74, 6) is -0.0872. The molecule has 1 aromatic carbocycles. The molecule has 0 saturated carbocycles. The summed E-state index contributed by atoms with van der Waals surface area (Å²) in [6.07, 6.45) is 2.18. The highest BCUT2D eigenvalue weighted by atomic mass is 16.5. The average molecular weight is 234 g/mol. The third-order valence-electron chi connectivity index (χ3n) is 2.58. The Hall–Kier alpha value is -1.31. The van der Waals surface area contributed by atoms with Crippen molar-refractivity contribution in [1.29, 1.82) is 0 Å². The molecule has 0 aliphatic heterocycles. The van der Waals surface area contributed by atoms with Gasteiger partial charge < -0.3 is 4.74 Å². The molecule has 17 heavy (non-hydrogen) atoms. The molecule has 2 nitrogen and oxygen atoms in total. The molecule has 0 aliphatic rings. The van der Waals surface area contributed by atoms with E-state index in [4.69, 9.17) is 4.74 Å². The van der Waals surface area contributed by atoms with Gasteiger partial charge in [0, 0.05) is 12.8 Å². The Morgan fingerprint density at radius 2 is 1.82 bits per heavy atom. The largest absolute Gasteiger partial charge is 0.465 e. The molecule has 0 fully saturated rings. The second-order valence-corrected chi connectivity index (χ2v) is 5.52. The van der Waals surface area contributed by atoms with Gasteiger partial charge in [0.2, 0.25) is 0 Å². The number of hydrogen-bond donors (Lipinski definition) is 0. The first-order valence-electron chi connectivity index (χ1n) is 6.17. The molecule has 0 N–H and O–H groups in total. The van der Waals surface area contributed by atoms with Crippen LogP contribution in [0.25, 0.3) is 0 Å². The Labute approximate surface area is 104 Å². The van der Waals surface area contributed by atoms with E-state index >= 15 is 0 Å². The number of carbonyl (C=O) groups excluding carboxylic acids is 1. The molecular formula is C15H22O2. The number of ether oxygens (including phenoxy) is 1. The molecule has 1 rings (SSSR count). The maximum absolute atomic E-state index is 11.5. The van der Waals surface area contributed by atoms with Crippen LogP contribution in [-0.4, -0.2) is 12.6 Å². The lowest BCUT2D eigenvalue weighted by Crippen LogP contribution is -2.12. The molecule has 0 atom stereocenters. The second-order valence-electron chi connectivity index (χ2n) is 5.52. The number of rotatable bonds is 5. The summed E-state index contributed by atoms with van der Waals surface area (Å²) in [7, 11) is 0. The minimum absolute atomic E-state index is 0.0872. The van der Waals surface area contributed by atoms with Gasteiger partial charge in [0.25, 0.3) is 0 Å². The van der Waals surface area contributed by atoms with Crippen LogP contribution in [0.2, 0.25) is 0 Å². The van der Waals surface area contributed by atoms with Crippen molar-refractivity contribution in [2.75, 3.05) is 6.61 Å². The Morgan fingerprint density at radius 3 is 2.41 bits per heavy atom. The van der Waals surface area contributed by atoms with Crippen LogP contribution in [0.3, 0.4) is 0 Å². The fraction of sp³-hybridized carbons (Fsp3) is 0.533. The van der Waals surface area contributed by atoms with Gasteiger partial charge >= 0.3 is 5.97 Å². The molecule has 0 heterocycles. The summed E-state index contributed by atoms with van der Waals surface area (Å²) in [5, 5.41) is 0. The van der Waals surface area contributed by atoms with Crippen molar-refractivity contribution in [3.8, 4) is 0 Å². The average Bonchev–Trinajstić information content (AvgIpc) is 2.27. The van der Waals surface area contributed by atoms with Gasteiger partial charge in [-0.3, -0.25) is 4.79 Å². The smallest absolute Gasteiger partial charge is 0.305 e. The van der Waals surface area contributed by atoms with Crippen molar-refractivity contribution in [3.63, 3.8) is 0 Å². The number of carbonyl (C=O) groups is 1. The highest BCUT2D eigenvalue weighted by Crippen LogP contribution is 2.20. The third-order valence-corrected chi connectivity index (χ3v) is 2.58. The minimum Gasteiger partial charge on any atom is -0.465 e. The Morgan fingerprint density at radius 1 is 1.18 bits per heavy atom. The van der Waals surface area contributed by atoms with Crippen molar-refractivity contribution < 1.29 is 9.53 Å². The molecule has 0 aromatic heterocycles. The van der Waals surface area contributed by atoms with Crippen LogP contribution in [0.5, 0.6) is 0 Å². The first-order valence-corrected chi connectivity index (χ1v) is 6.17. The first kappa shape index (κ1) is 13.8. The zero-order valence-corrected chi connectivity index (χ0v) is 11.0. The molecule has 0 amide bonds. The quantitative estimate of drug-likeness (QED) is 0.728. The van der Waals surface area contributed by atoms with Crippen molar-refractivity contribution >= 4 is 5.97 Å². The van der Waals surface area contributed by atoms with Crippen molar-refractivity contribution in [2.24, 2.45) is 5.41 Å². The fourth-order valence-electron chi connectivity index (χ4n) is 1.48. The van der Waals surface area contributed by atoms with Crippen molar-refractivity contribution in [2.45, 2.75) is 40.0 Å². The molecule has 1 aromatic rings. The highest BCUT2D eigenvalue weighted by molar-refractivity contribution is 5.69. The van der Waals surface area contributed by atoms with E-state index in [9.17, 15) is 4.79 Å². The molecule has 0 bridgehead atoms. The minimum atomic E-state index is -0.0872. The van der Waals surface area contributed by atoms with E-state index in [1.54, 1.807) is 0 Å². The summed E-state index contributed by atoms with van der Waals surface area (Å²) < 4.78 is 5.20. The Bertz CT molecular complexity index is 336. The van der Waals surface area contributed by atoms with Gasteiger partial charge in [0.05, 0.1) is 6.61 Å². The van der Waals surface area contributed by atoms with E-state index < -0.39 is 0 Å². The van der Waals surface area contributed by atoms with Crippen LogP contribution in [0.15, 0.2) is 30.3 Å². The van der Waals surface area contributed by atoms with E-state index in [0.29, 0.717) is 13.0 Å². The van der Waals surface area contributed by atoms with Gasteiger partial charge in [0.15, 0.2) is 0 Å². The molecule has 2 heteroatoms. The van der Waals surface area contributed by atoms with E-state index in [0.717, 1.165) is 12.8 Å². The summed E-state index contributed by atoms with van der Waals surface area (Å²) in [6.45, 7) is 6.87. The van der Waals surface area contributed by atoms with Crippen molar-refractivity contribution in [3.05, 3.63) is 35.9 Å². The van der Waals surface area contributed by atoms with Gasteiger partial charge in [-0.25, -0.2) is 0 Å². The van der Waals surface area contributed by atoms with Gasteiger partial charge in [-0.05, 0) is 17.4 Å². The lowest BCUT2D eigenvalue weighted by Gasteiger charge is -2.16. The predicted molar refractivity (Wildman–Crippen MR) is 69.8 cm³/mol. The van der Waals surface area contributed by atoms with Gasteiger partial charge in [-0.2, -0.15) is 0 Å². The molecule has 0 spiro atoms. The lowest BCUT2D eigenvalue weighted by molar-refractivity contribution is -0.144. The zero-order chi connectivity index (χ0) is 12.7. The van der Waals surface area contributed by atoms with E-state index in [-0.39, 0.29) is 11.4 Å². The lowest BCUT2D eigenvalue weighted by atomic mass is 9.91. The SMILES string of the molecule is CC(C)(C)CCC(=O)OCCc1ccccc1. The molecule has 0 radical (unpaired) electrons. The van der Waals surface area contributed by atoms with Crippen molar-refractivity contribution in [1.82, 2.24) is 0 Å². The van der Waals surface area contributed by atoms with Crippen LogP contribution >= 0.6 is 0 Å². The van der Waals surface area contributed by atoms with Gasteiger partial charge in [0.1, 0.15) is 0 Å². The molecule has 94 valence electrons. The predicted octanol–water partition coefficient (Wildman–Crippen LogP) is 3.60. The van der Waals surface area contributed by atoms with E-state index in [2.05, 4.69) is 20.8 Å². The normalized spacial score (nSPS) is 11.2. The maximum Gasteiger partial charge on any atom is 0.305 e. The zero-order valence-electron chi connectivity index (χ0n) is 11.0. The monoisotopic (exact) mass is 234 g/mol. The molecular weight excluding hydrogens is 212 g/mol. The summed E-state index contributed by atoms with van der Waals surface area (Å²) in [4.78, 5) is 11.5. The Kier molecular flexibility index (Phi) is 5.20. The maximum atomic E-state index is 11.5. The fourth-order valence-corrected chi connectivity index (χ4v) is 1.48. The second kappa shape index (κ2) is 6.43. The topological polar surface area (TPSA) is 26.3 Å². The van der Waals surface area contributed by atoms with Crippen LogP contribution in [0.1, 0.15) is 39.2 Å². The van der Waals surface area contributed by atoms with E-state index in [1.807, 2.05) is 30.3 Å². The summed E-state index contributed by atoms with van der Waals surface area (Å²) in [6, 6.07) is 10.1. The van der Waals surface area contributed by atoms with Crippen LogP contribution in [0, 0.1) is 5.41 Å². The molecule has 0 aliphatic carbocycles. The summed E-state index contributed by atoms with van der Waals surface area (Å²) in [5.41, 5.74) is 1.40. The standard InChI is InChI=1S/C15H22O2/c1-15(2,3)11-9-14(16)17-12-10-13-7-5-4-6-8-13/h4-8H,9-12H2,1-3H3. The number of hydrogen-bond acceptors (Lipinski definition) is 2. The molecule has 0 unspecified atom stereocenters. The molecule has 0 saturated heterocycles. The summed E-state index contributed by atoms with van der Waals surface area (Å²) >= 11 is 0. The van der Waals surface area contributed by atoms with Gasteiger partial charge in [-0.15, -0.1) is 0 Å². The first-order chi connectivity index (χ1) is 7.97. The van der Waals surface area contributed by atoms with E-state index in [1.165, 1.54) is 5.56 Å². The number of benzene rings is 1. The van der Waals surface area contributed by atoms with Crippen LogP contribution < -0.4 is 0 Å². The third kappa shape index (κ3) is 6.77.